The predicted molar refractivity (Wildman–Crippen MR) is 84.8 cm³/mol. The Morgan fingerprint density at radius 2 is 1.91 bits per heavy atom. The molecule has 4 heteroatoms. The molecule has 0 radical (unpaired) electrons. The van der Waals surface area contributed by atoms with Crippen LogP contribution in [0.5, 0.6) is 0 Å². The van der Waals surface area contributed by atoms with E-state index >= 15 is 0 Å². The normalized spacial score (nSPS) is 12.2. The van der Waals surface area contributed by atoms with Crippen LogP contribution in [0, 0.1) is 17.1 Å². The first-order valence-electron chi connectivity index (χ1n) is 7.21. The molecule has 2 aromatic carbocycles. The van der Waals surface area contributed by atoms with E-state index in [0.29, 0.717) is 6.54 Å². The zero-order valence-corrected chi connectivity index (χ0v) is 12.0. The maximum absolute atomic E-state index is 12.9. The number of para-hydroxylation sites is 1. The van der Waals surface area contributed by atoms with Gasteiger partial charge >= 0.3 is 0 Å². The Labute approximate surface area is 128 Å². The van der Waals surface area contributed by atoms with Crippen LogP contribution in [0.1, 0.15) is 17.2 Å². The van der Waals surface area contributed by atoms with Gasteiger partial charge in [0.1, 0.15) is 11.9 Å². The molecule has 0 aliphatic heterocycles. The lowest BCUT2D eigenvalue weighted by Crippen LogP contribution is -2.22. The highest BCUT2D eigenvalue weighted by molar-refractivity contribution is 5.83. The molecule has 22 heavy (non-hydrogen) atoms. The SMILES string of the molecule is N#CC(NCCc1ccc(F)cc1)c1c[nH]c2ccccc12. The summed E-state index contributed by atoms with van der Waals surface area (Å²) in [7, 11) is 0. The summed E-state index contributed by atoms with van der Waals surface area (Å²) < 4.78 is 12.9. The molecule has 0 saturated carbocycles. The molecule has 0 saturated heterocycles. The first kappa shape index (κ1) is 14.3. The van der Waals surface area contributed by atoms with E-state index in [1.54, 1.807) is 12.1 Å². The highest BCUT2D eigenvalue weighted by Gasteiger charge is 2.14. The third-order valence-corrected chi connectivity index (χ3v) is 3.74. The number of nitrogens with one attached hydrogen (secondary N) is 2. The van der Waals surface area contributed by atoms with Gasteiger partial charge < -0.3 is 4.98 Å². The summed E-state index contributed by atoms with van der Waals surface area (Å²) in [5, 5.41) is 13.7. The second-order valence-electron chi connectivity index (χ2n) is 5.18. The van der Waals surface area contributed by atoms with Gasteiger partial charge in [-0.1, -0.05) is 30.3 Å². The number of H-pyrrole nitrogens is 1. The van der Waals surface area contributed by atoms with Crippen LogP contribution in [0.4, 0.5) is 4.39 Å². The molecule has 0 spiro atoms. The highest BCUT2D eigenvalue weighted by Crippen LogP contribution is 2.23. The number of aromatic amines is 1. The number of nitriles is 1. The minimum Gasteiger partial charge on any atom is -0.361 e. The largest absolute Gasteiger partial charge is 0.361 e. The molecule has 110 valence electrons. The van der Waals surface area contributed by atoms with Crippen LogP contribution in [0.3, 0.4) is 0 Å². The van der Waals surface area contributed by atoms with Crippen molar-refractivity contribution in [2.75, 3.05) is 6.54 Å². The Morgan fingerprint density at radius 3 is 2.68 bits per heavy atom. The molecule has 1 atom stereocenters. The van der Waals surface area contributed by atoms with Crippen molar-refractivity contribution in [3.05, 3.63) is 71.7 Å². The smallest absolute Gasteiger partial charge is 0.123 e. The molecular weight excluding hydrogens is 277 g/mol. The number of halogens is 1. The van der Waals surface area contributed by atoms with E-state index < -0.39 is 0 Å². The van der Waals surface area contributed by atoms with Crippen LogP contribution >= 0.6 is 0 Å². The van der Waals surface area contributed by atoms with Gasteiger partial charge in [0.2, 0.25) is 0 Å². The van der Waals surface area contributed by atoms with E-state index in [-0.39, 0.29) is 11.9 Å². The third kappa shape index (κ3) is 3.00. The molecule has 1 heterocycles. The van der Waals surface area contributed by atoms with E-state index in [4.69, 9.17) is 0 Å². The Kier molecular flexibility index (Phi) is 4.17. The number of nitrogens with zero attached hydrogens (tertiary/aromatic N) is 1. The van der Waals surface area contributed by atoms with Crippen LogP contribution in [-0.4, -0.2) is 11.5 Å². The second-order valence-corrected chi connectivity index (χ2v) is 5.18. The van der Waals surface area contributed by atoms with Crippen LogP contribution in [0.15, 0.2) is 54.7 Å². The fourth-order valence-electron chi connectivity index (χ4n) is 2.57. The average molecular weight is 293 g/mol. The molecule has 2 N–H and O–H groups in total. The van der Waals surface area contributed by atoms with Gasteiger partial charge in [0.15, 0.2) is 0 Å². The number of benzene rings is 2. The van der Waals surface area contributed by atoms with Gasteiger partial charge in [-0.15, -0.1) is 0 Å². The first-order chi connectivity index (χ1) is 10.8. The quantitative estimate of drug-likeness (QED) is 0.753. The van der Waals surface area contributed by atoms with Gasteiger partial charge in [-0.05, 0) is 30.2 Å². The summed E-state index contributed by atoms with van der Waals surface area (Å²) in [6.07, 6.45) is 2.63. The Bertz CT molecular complexity index is 799. The molecule has 3 nitrogen and oxygen atoms in total. The topological polar surface area (TPSA) is 51.6 Å². The Morgan fingerprint density at radius 1 is 1.14 bits per heavy atom. The van der Waals surface area contributed by atoms with Crippen molar-refractivity contribution in [2.24, 2.45) is 0 Å². The molecule has 0 amide bonds. The summed E-state index contributed by atoms with van der Waals surface area (Å²) in [5.41, 5.74) is 3.03. The van der Waals surface area contributed by atoms with Gasteiger partial charge in [-0.25, -0.2) is 4.39 Å². The Balaban J connectivity index is 1.67. The highest BCUT2D eigenvalue weighted by atomic mass is 19.1. The standard InChI is InChI=1S/C18H16FN3/c19-14-7-5-13(6-8-14)9-10-21-18(11-20)16-12-22-17-4-2-1-3-15(16)17/h1-8,12,18,21-22H,9-10H2. The first-order valence-corrected chi connectivity index (χ1v) is 7.21. The molecule has 0 bridgehead atoms. The minimum atomic E-state index is -0.364. The van der Waals surface area contributed by atoms with Crippen LogP contribution < -0.4 is 5.32 Å². The van der Waals surface area contributed by atoms with Gasteiger partial charge in [0.05, 0.1) is 6.07 Å². The fraction of sp³-hybridized carbons (Fsp3) is 0.167. The van der Waals surface area contributed by atoms with Gasteiger partial charge in [0.25, 0.3) is 0 Å². The summed E-state index contributed by atoms with van der Waals surface area (Å²) in [5.74, 6) is -0.231. The van der Waals surface area contributed by atoms with Crippen molar-refractivity contribution in [2.45, 2.75) is 12.5 Å². The van der Waals surface area contributed by atoms with Crippen molar-refractivity contribution in [1.29, 1.82) is 5.26 Å². The second kappa shape index (κ2) is 6.42. The zero-order chi connectivity index (χ0) is 15.4. The lowest BCUT2D eigenvalue weighted by atomic mass is 10.1. The summed E-state index contributed by atoms with van der Waals surface area (Å²) >= 11 is 0. The molecule has 0 aliphatic rings. The maximum atomic E-state index is 12.9. The summed E-state index contributed by atoms with van der Waals surface area (Å²) in [6.45, 7) is 0.656. The maximum Gasteiger partial charge on any atom is 0.123 e. The summed E-state index contributed by atoms with van der Waals surface area (Å²) in [6, 6.07) is 16.3. The lowest BCUT2D eigenvalue weighted by molar-refractivity contribution is 0.621. The van der Waals surface area contributed by atoms with Gasteiger partial charge in [-0.3, -0.25) is 5.32 Å². The molecule has 0 aliphatic carbocycles. The van der Waals surface area contributed by atoms with Crippen LogP contribution in [0.25, 0.3) is 10.9 Å². The van der Waals surface area contributed by atoms with Crippen molar-refractivity contribution in [1.82, 2.24) is 10.3 Å². The van der Waals surface area contributed by atoms with E-state index in [1.165, 1.54) is 12.1 Å². The monoisotopic (exact) mass is 293 g/mol. The van der Waals surface area contributed by atoms with Gasteiger partial charge in [-0.2, -0.15) is 5.26 Å². The van der Waals surface area contributed by atoms with Crippen molar-refractivity contribution < 1.29 is 4.39 Å². The fourth-order valence-corrected chi connectivity index (χ4v) is 2.57. The van der Waals surface area contributed by atoms with Crippen molar-refractivity contribution >= 4 is 10.9 Å². The van der Waals surface area contributed by atoms with E-state index in [9.17, 15) is 9.65 Å². The number of hydrogen-bond donors (Lipinski definition) is 2. The number of fused-ring (bicyclic) bond motifs is 1. The molecule has 3 rings (SSSR count). The predicted octanol–water partition coefficient (Wildman–Crippen LogP) is 3.70. The molecule has 1 aromatic heterocycles. The molecule has 0 fully saturated rings. The van der Waals surface area contributed by atoms with E-state index in [0.717, 1.165) is 28.5 Å². The minimum absolute atomic E-state index is 0.231. The lowest BCUT2D eigenvalue weighted by Gasteiger charge is -2.11. The van der Waals surface area contributed by atoms with E-state index in [2.05, 4.69) is 16.4 Å². The van der Waals surface area contributed by atoms with Crippen molar-refractivity contribution in [3.63, 3.8) is 0 Å². The van der Waals surface area contributed by atoms with Gasteiger partial charge in [0, 0.05) is 29.2 Å². The number of rotatable bonds is 5. The summed E-state index contributed by atoms with van der Waals surface area (Å²) in [4.78, 5) is 3.18. The number of aromatic nitrogens is 1. The zero-order valence-electron chi connectivity index (χ0n) is 12.0. The molecule has 3 aromatic rings. The number of hydrogen-bond acceptors (Lipinski definition) is 2. The van der Waals surface area contributed by atoms with Crippen LogP contribution in [-0.2, 0) is 6.42 Å². The average Bonchev–Trinajstić information content (AvgIpc) is 2.97. The Hall–Kier alpha value is -2.64. The molecule has 1 unspecified atom stereocenters. The van der Waals surface area contributed by atoms with Crippen LogP contribution in [0.2, 0.25) is 0 Å². The van der Waals surface area contributed by atoms with Crippen molar-refractivity contribution in [3.8, 4) is 6.07 Å². The third-order valence-electron chi connectivity index (χ3n) is 3.74. The van der Waals surface area contributed by atoms with E-state index in [1.807, 2.05) is 30.5 Å². The molecular formula is C18H16FN3.